The highest BCUT2D eigenvalue weighted by molar-refractivity contribution is 9.10. The highest BCUT2D eigenvalue weighted by Gasteiger charge is 2.10. The number of benzene rings is 3. The maximum atomic E-state index is 12.6. The fourth-order valence-corrected chi connectivity index (χ4v) is 4.08. The third kappa shape index (κ3) is 5.34. The molecule has 0 fully saturated rings. The number of carbonyl (C=O) groups is 1. The van der Waals surface area contributed by atoms with E-state index in [4.69, 9.17) is 0 Å². The minimum absolute atomic E-state index is 0.0184. The van der Waals surface area contributed by atoms with Crippen molar-refractivity contribution in [2.75, 3.05) is 5.32 Å². The van der Waals surface area contributed by atoms with Crippen LogP contribution in [0.1, 0.15) is 5.56 Å². The third-order valence-electron chi connectivity index (χ3n) is 4.38. The lowest BCUT2D eigenvalue weighted by Crippen LogP contribution is -2.07. The molecule has 0 aliphatic heterocycles. The van der Waals surface area contributed by atoms with Gasteiger partial charge in [0.05, 0.1) is 5.69 Å². The summed E-state index contributed by atoms with van der Waals surface area (Å²) in [4.78, 5) is 16.8. The number of thiazole rings is 1. The summed E-state index contributed by atoms with van der Waals surface area (Å²) in [6.07, 6.45) is 2.66. The zero-order valence-corrected chi connectivity index (χ0v) is 18.3. The Hall–Kier alpha value is -3.10. The molecule has 4 aromatic rings. The number of amides is 1. The average Bonchev–Trinajstić information content (AvgIpc) is 3.21. The van der Waals surface area contributed by atoms with Crippen LogP contribution in [0.15, 0.2) is 76.6 Å². The maximum Gasteiger partial charge on any atom is 0.387 e. The van der Waals surface area contributed by atoms with Crippen LogP contribution in [0.25, 0.3) is 28.1 Å². The number of fused-ring (bicyclic) bond motifs is 1. The Labute approximate surface area is 189 Å². The van der Waals surface area contributed by atoms with E-state index in [1.165, 1.54) is 29.6 Å². The number of aromatic nitrogens is 1. The maximum absolute atomic E-state index is 12.6. The van der Waals surface area contributed by atoms with Crippen molar-refractivity contribution >= 4 is 55.2 Å². The summed E-state index contributed by atoms with van der Waals surface area (Å²) in [5.41, 5.74) is 2.06. The second-order valence-electron chi connectivity index (χ2n) is 6.48. The first kappa shape index (κ1) is 21.1. The van der Waals surface area contributed by atoms with Crippen molar-refractivity contribution in [1.82, 2.24) is 4.98 Å². The molecule has 0 unspecified atom stereocenters. The number of hydrogen-bond donors (Lipinski definition) is 1. The molecule has 3 aromatic carbocycles. The van der Waals surface area contributed by atoms with Crippen LogP contribution in [0, 0.1) is 0 Å². The Kier molecular flexibility index (Phi) is 6.39. The van der Waals surface area contributed by atoms with Crippen LogP contribution in [0.2, 0.25) is 0 Å². The van der Waals surface area contributed by atoms with Crippen molar-refractivity contribution in [2.24, 2.45) is 0 Å². The van der Waals surface area contributed by atoms with Crippen LogP contribution in [0.4, 0.5) is 13.9 Å². The Bertz CT molecular complexity index is 1270. The minimum atomic E-state index is -2.95. The molecule has 1 aromatic heterocycles. The first-order chi connectivity index (χ1) is 15.0. The van der Waals surface area contributed by atoms with Gasteiger partial charge >= 0.3 is 6.61 Å². The molecule has 1 heterocycles. The minimum Gasteiger partial charge on any atom is -0.434 e. The predicted molar refractivity (Wildman–Crippen MR) is 123 cm³/mol. The first-order valence-corrected chi connectivity index (χ1v) is 10.8. The van der Waals surface area contributed by atoms with Gasteiger partial charge in [-0.15, -0.1) is 11.3 Å². The summed E-state index contributed by atoms with van der Waals surface area (Å²) in [6.45, 7) is -2.95. The van der Waals surface area contributed by atoms with E-state index in [1.807, 2.05) is 47.8 Å². The molecule has 0 aliphatic rings. The van der Waals surface area contributed by atoms with Crippen LogP contribution in [0.3, 0.4) is 0 Å². The standard InChI is InChI=1S/C23H15BrF2N2O2S/c24-18-8-9-20(30-22(25)26)17(12-18)7-10-21(29)28-23-27-19(13-31-23)16-6-5-14-3-1-2-4-15(14)11-16/h1-13,22H,(H,27,28,29)/b10-7+. The molecule has 1 amide bonds. The smallest absolute Gasteiger partial charge is 0.387 e. The van der Waals surface area contributed by atoms with Gasteiger partial charge in [-0.05, 0) is 41.1 Å². The van der Waals surface area contributed by atoms with Crippen LogP contribution in [-0.4, -0.2) is 17.5 Å². The van der Waals surface area contributed by atoms with Gasteiger partial charge in [0, 0.05) is 27.1 Å². The summed E-state index contributed by atoms with van der Waals surface area (Å²) in [5.74, 6) is -0.447. The topological polar surface area (TPSA) is 51.2 Å². The predicted octanol–water partition coefficient (Wildman–Crippen LogP) is 6.98. The fourth-order valence-electron chi connectivity index (χ4n) is 2.98. The van der Waals surface area contributed by atoms with Gasteiger partial charge in [-0.3, -0.25) is 10.1 Å². The van der Waals surface area contributed by atoms with Gasteiger partial charge in [0.15, 0.2) is 5.13 Å². The monoisotopic (exact) mass is 500 g/mol. The molecule has 0 saturated heterocycles. The van der Waals surface area contributed by atoms with E-state index in [9.17, 15) is 13.6 Å². The molecule has 31 heavy (non-hydrogen) atoms. The molecule has 4 rings (SSSR count). The number of halogens is 3. The molecule has 4 nitrogen and oxygen atoms in total. The van der Waals surface area contributed by atoms with Crippen molar-refractivity contribution in [1.29, 1.82) is 0 Å². The Balaban J connectivity index is 1.47. The molecule has 0 atom stereocenters. The number of anilines is 1. The number of alkyl halides is 2. The first-order valence-electron chi connectivity index (χ1n) is 9.16. The quantitative estimate of drug-likeness (QED) is 0.290. The fraction of sp³-hybridized carbons (Fsp3) is 0.0435. The largest absolute Gasteiger partial charge is 0.434 e. The third-order valence-corrected chi connectivity index (χ3v) is 5.63. The molecular weight excluding hydrogens is 486 g/mol. The van der Waals surface area contributed by atoms with Gasteiger partial charge in [-0.25, -0.2) is 4.98 Å². The number of rotatable bonds is 6. The summed E-state index contributed by atoms with van der Waals surface area (Å²) in [6, 6.07) is 18.7. The number of hydrogen-bond acceptors (Lipinski definition) is 4. The lowest BCUT2D eigenvalue weighted by atomic mass is 10.1. The van der Waals surface area contributed by atoms with Crippen molar-refractivity contribution in [3.63, 3.8) is 0 Å². The van der Waals surface area contributed by atoms with Gasteiger partial charge in [0.1, 0.15) is 5.75 Å². The molecule has 1 N–H and O–H groups in total. The molecule has 0 bridgehead atoms. The van der Waals surface area contributed by atoms with E-state index in [2.05, 4.69) is 31.0 Å². The molecule has 156 valence electrons. The summed E-state index contributed by atoms with van der Waals surface area (Å²) in [7, 11) is 0. The Morgan fingerprint density at radius 2 is 1.90 bits per heavy atom. The van der Waals surface area contributed by atoms with E-state index in [1.54, 1.807) is 12.1 Å². The van der Waals surface area contributed by atoms with E-state index in [0.29, 0.717) is 15.2 Å². The van der Waals surface area contributed by atoms with E-state index >= 15 is 0 Å². The van der Waals surface area contributed by atoms with Crippen molar-refractivity contribution in [3.05, 3.63) is 82.2 Å². The highest BCUT2D eigenvalue weighted by Crippen LogP contribution is 2.28. The molecule has 0 aliphatic carbocycles. The second-order valence-corrected chi connectivity index (χ2v) is 8.26. The summed E-state index contributed by atoms with van der Waals surface area (Å²) >= 11 is 4.58. The van der Waals surface area contributed by atoms with Gasteiger partial charge in [0.25, 0.3) is 0 Å². The van der Waals surface area contributed by atoms with Crippen LogP contribution >= 0.6 is 27.3 Å². The zero-order chi connectivity index (χ0) is 21.8. The number of nitrogens with zero attached hydrogens (tertiary/aromatic N) is 1. The lowest BCUT2D eigenvalue weighted by Gasteiger charge is -2.08. The summed E-state index contributed by atoms with van der Waals surface area (Å²) < 4.78 is 30.3. The van der Waals surface area contributed by atoms with Crippen molar-refractivity contribution < 1.29 is 18.3 Å². The molecular formula is C23H15BrF2N2O2S. The second kappa shape index (κ2) is 9.36. The SMILES string of the molecule is O=C(/C=C/c1cc(Br)ccc1OC(F)F)Nc1nc(-c2ccc3ccccc3c2)cs1. The molecule has 0 saturated carbocycles. The van der Waals surface area contributed by atoms with Crippen LogP contribution in [0.5, 0.6) is 5.75 Å². The average molecular weight is 501 g/mol. The van der Waals surface area contributed by atoms with Gasteiger partial charge in [-0.1, -0.05) is 52.3 Å². The zero-order valence-electron chi connectivity index (χ0n) is 15.9. The van der Waals surface area contributed by atoms with Gasteiger partial charge < -0.3 is 4.74 Å². The van der Waals surface area contributed by atoms with Gasteiger partial charge in [0.2, 0.25) is 5.91 Å². The highest BCUT2D eigenvalue weighted by atomic mass is 79.9. The van der Waals surface area contributed by atoms with Crippen LogP contribution < -0.4 is 10.1 Å². The van der Waals surface area contributed by atoms with E-state index < -0.39 is 12.5 Å². The molecule has 8 heteroatoms. The van der Waals surface area contributed by atoms with E-state index in [0.717, 1.165) is 22.0 Å². The van der Waals surface area contributed by atoms with Crippen molar-refractivity contribution in [2.45, 2.75) is 6.61 Å². The summed E-state index contributed by atoms with van der Waals surface area (Å²) in [5, 5.41) is 7.25. The van der Waals surface area contributed by atoms with Gasteiger partial charge in [-0.2, -0.15) is 8.78 Å². The molecule has 0 radical (unpaired) electrons. The Morgan fingerprint density at radius 3 is 2.71 bits per heavy atom. The van der Waals surface area contributed by atoms with Crippen molar-refractivity contribution in [3.8, 4) is 17.0 Å². The molecule has 0 spiro atoms. The van der Waals surface area contributed by atoms with E-state index in [-0.39, 0.29) is 5.75 Å². The number of nitrogens with one attached hydrogen (secondary N) is 1. The van der Waals surface area contributed by atoms with Crippen LogP contribution in [-0.2, 0) is 4.79 Å². The Morgan fingerprint density at radius 1 is 1.10 bits per heavy atom. The number of ether oxygens (including phenoxy) is 1. The number of carbonyl (C=O) groups excluding carboxylic acids is 1. The normalized spacial score (nSPS) is 11.4. The lowest BCUT2D eigenvalue weighted by molar-refractivity contribution is -0.111.